The van der Waals surface area contributed by atoms with Crippen molar-refractivity contribution in [2.24, 2.45) is 0 Å². The molecule has 0 bridgehead atoms. The molecule has 4 heteroatoms. The molecule has 2 saturated heterocycles. The molecule has 17 heavy (non-hydrogen) atoms. The molecule has 2 fully saturated rings. The number of hydrogen-bond donors (Lipinski definition) is 2. The monoisotopic (exact) mass is 228 g/mol. The summed E-state index contributed by atoms with van der Waals surface area (Å²) in [5, 5.41) is 4.84. The summed E-state index contributed by atoms with van der Waals surface area (Å²) in [6.45, 7) is 3.47. The van der Waals surface area contributed by atoms with Gasteiger partial charge in [-0.25, -0.2) is 4.98 Å². The molecule has 0 amide bonds. The van der Waals surface area contributed by atoms with Crippen molar-refractivity contribution in [2.45, 2.75) is 18.4 Å². The van der Waals surface area contributed by atoms with Gasteiger partial charge in [-0.15, -0.1) is 0 Å². The van der Waals surface area contributed by atoms with Gasteiger partial charge in [0.15, 0.2) is 0 Å². The minimum absolute atomic E-state index is 0.409. The molecular weight excluding hydrogens is 212 g/mol. The van der Waals surface area contributed by atoms with E-state index in [1.807, 2.05) is 12.4 Å². The van der Waals surface area contributed by atoms with E-state index < -0.39 is 0 Å². The van der Waals surface area contributed by atoms with Gasteiger partial charge in [-0.3, -0.25) is 0 Å². The maximum Gasteiger partial charge on any atom is 0.139 e. The van der Waals surface area contributed by atoms with Crippen molar-refractivity contribution >= 4 is 16.7 Å². The molecule has 0 aromatic carbocycles. The molecule has 1 unspecified atom stereocenters. The number of H-pyrrole nitrogens is 1. The van der Waals surface area contributed by atoms with Crippen LogP contribution in [-0.2, 0) is 0 Å². The van der Waals surface area contributed by atoms with Crippen molar-refractivity contribution in [3.63, 3.8) is 0 Å². The van der Waals surface area contributed by atoms with E-state index in [-0.39, 0.29) is 0 Å². The van der Waals surface area contributed by atoms with Gasteiger partial charge < -0.3 is 15.2 Å². The lowest BCUT2D eigenvalue weighted by molar-refractivity contribution is 0.235. The fourth-order valence-corrected chi connectivity index (χ4v) is 3.13. The lowest BCUT2D eigenvalue weighted by Crippen LogP contribution is -2.58. The Hall–Kier alpha value is -1.55. The van der Waals surface area contributed by atoms with Gasteiger partial charge in [-0.05, 0) is 31.5 Å². The third-order valence-corrected chi connectivity index (χ3v) is 4.24. The van der Waals surface area contributed by atoms with Crippen LogP contribution in [0.2, 0.25) is 0 Å². The van der Waals surface area contributed by atoms with Gasteiger partial charge >= 0.3 is 0 Å². The summed E-state index contributed by atoms with van der Waals surface area (Å²) >= 11 is 0. The first-order chi connectivity index (χ1) is 8.36. The summed E-state index contributed by atoms with van der Waals surface area (Å²) in [6, 6.07) is 4.25. The van der Waals surface area contributed by atoms with Crippen molar-refractivity contribution in [1.29, 1.82) is 0 Å². The Kier molecular flexibility index (Phi) is 1.80. The number of pyridine rings is 1. The van der Waals surface area contributed by atoms with Gasteiger partial charge in [0.2, 0.25) is 0 Å². The van der Waals surface area contributed by atoms with Crippen molar-refractivity contribution in [3.8, 4) is 0 Å². The topological polar surface area (TPSA) is 44.0 Å². The van der Waals surface area contributed by atoms with Crippen LogP contribution < -0.4 is 10.2 Å². The first-order valence-electron chi connectivity index (χ1n) is 6.28. The largest absolute Gasteiger partial charge is 0.369 e. The quantitative estimate of drug-likeness (QED) is 0.777. The summed E-state index contributed by atoms with van der Waals surface area (Å²) in [5.41, 5.74) is 2.72. The molecule has 88 valence electrons. The van der Waals surface area contributed by atoms with Gasteiger partial charge in [0.1, 0.15) is 5.65 Å². The SMILES string of the molecule is c1cc(N2CCC3(CCN3)C2)c2cc[nH]c2n1. The average molecular weight is 228 g/mol. The summed E-state index contributed by atoms with van der Waals surface area (Å²) in [6.07, 6.45) is 6.45. The Balaban J connectivity index is 1.72. The van der Waals surface area contributed by atoms with Crippen molar-refractivity contribution in [2.75, 3.05) is 24.5 Å². The third-order valence-electron chi connectivity index (χ3n) is 4.24. The van der Waals surface area contributed by atoms with Gasteiger partial charge in [0, 0.05) is 42.1 Å². The minimum atomic E-state index is 0.409. The normalized spacial score (nSPS) is 27.9. The Morgan fingerprint density at radius 2 is 2.24 bits per heavy atom. The standard InChI is InChI=1S/C13H16N4/c1-5-14-12-10(1)11(2-6-15-12)17-8-4-13(9-17)3-7-16-13/h1-2,5-6,16H,3-4,7-9H2,(H,14,15). The Bertz CT molecular complexity index is 555. The van der Waals surface area contributed by atoms with E-state index in [1.165, 1.54) is 30.5 Å². The van der Waals surface area contributed by atoms with Crippen molar-refractivity contribution < 1.29 is 0 Å². The molecule has 2 aliphatic rings. The van der Waals surface area contributed by atoms with Crippen LogP contribution in [0.3, 0.4) is 0 Å². The van der Waals surface area contributed by atoms with Crippen LogP contribution in [0.15, 0.2) is 24.5 Å². The lowest BCUT2D eigenvalue weighted by atomic mass is 9.87. The zero-order valence-corrected chi connectivity index (χ0v) is 9.74. The number of aromatic nitrogens is 2. The predicted molar refractivity (Wildman–Crippen MR) is 68.3 cm³/mol. The van der Waals surface area contributed by atoms with Crippen LogP contribution in [0.1, 0.15) is 12.8 Å². The molecule has 2 aliphatic heterocycles. The second kappa shape index (κ2) is 3.23. The van der Waals surface area contributed by atoms with E-state index in [4.69, 9.17) is 0 Å². The highest BCUT2D eigenvalue weighted by Gasteiger charge is 2.42. The molecule has 4 heterocycles. The van der Waals surface area contributed by atoms with Crippen LogP contribution in [-0.4, -0.2) is 35.1 Å². The minimum Gasteiger partial charge on any atom is -0.369 e. The second-order valence-electron chi connectivity index (χ2n) is 5.20. The number of anilines is 1. The molecule has 0 saturated carbocycles. The molecular formula is C13H16N4. The van der Waals surface area contributed by atoms with Gasteiger partial charge in [0.25, 0.3) is 0 Å². The van der Waals surface area contributed by atoms with Gasteiger partial charge in [-0.1, -0.05) is 0 Å². The highest BCUT2D eigenvalue weighted by molar-refractivity contribution is 5.89. The number of fused-ring (bicyclic) bond motifs is 1. The summed E-state index contributed by atoms with van der Waals surface area (Å²) in [4.78, 5) is 10.0. The molecule has 2 aromatic rings. The fraction of sp³-hybridized carbons (Fsp3) is 0.462. The smallest absolute Gasteiger partial charge is 0.139 e. The Morgan fingerprint density at radius 1 is 1.29 bits per heavy atom. The van der Waals surface area contributed by atoms with E-state index in [2.05, 4.69) is 32.3 Å². The van der Waals surface area contributed by atoms with Gasteiger partial charge in [0.05, 0.1) is 0 Å². The summed E-state index contributed by atoms with van der Waals surface area (Å²) < 4.78 is 0. The maximum absolute atomic E-state index is 4.35. The molecule has 2 aromatic heterocycles. The van der Waals surface area contributed by atoms with Crippen molar-refractivity contribution in [3.05, 3.63) is 24.5 Å². The van der Waals surface area contributed by atoms with Gasteiger partial charge in [-0.2, -0.15) is 0 Å². The molecule has 2 N–H and O–H groups in total. The molecule has 0 radical (unpaired) electrons. The van der Waals surface area contributed by atoms with Crippen LogP contribution in [0.5, 0.6) is 0 Å². The first kappa shape index (κ1) is 9.48. The number of nitrogens with zero attached hydrogens (tertiary/aromatic N) is 2. The second-order valence-corrected chi connectivity index (χ2v) is 5.20. The zero-order valence-electron chi connectivity index (χ0n) is 9.74. The molecule has 4 rings (SSSR count). The molecule has 1 atom stereocenters. The zero-order chi connectivity index (χ0) is 11.3. The fourth-order valence-electron chi connectivity index (χ4n) is 3.13. The maximum atomic E-state index is 4.35. The highest BCUT2D eigenvalue weighted by Crippen LogP contribution is 2.35. The van der Waals surface area contributed by atoms with Crippen LogP contribution in [0.4, 0.5) is 5.69 Å². The van der Waals surface area contributed by atoms with E-state index in [0.717, 1.165) is 18.7 Å². The predicted octanol–water partition coefficient (Wildman–Crippen LogP) is 1.51. The van der Waals surface area contributed by atoms with E-state index in [1.54, 1.807) is 0 Å². The molecule has 0 aliphatic carbocycles. The van der Waals surface area contributed by atoms with E-state index in [9.17, 15) is 0 Å². The Morgan fingerprint density at radius 3 is 3.00 bits per heavy atom. The summed E-state index contributed by atoms with van der Waals surface area (Å²) in [5.74, 6) is 0. The van der Waals surface area contributed by atoms with Crippen LogP contribution in [0, 0.1) is 0 Å². The highest BCUT2D eigenvalue weighted by atomic mass is 15.2. The van der Waals surface area contributed by atoms with Crippen LogP contribution >= 0.6 is 0 Å². The molecule has 4 nitrogen and oxygen atoms in total. The molecule has 1 spiro atoms. The lowest BCUT2D eigenvalue weighted by Gasteiger charge is -2.40. The number of nitrogens with one attached hydrogen (secondary N) is 2. The number of aromatic amines is 1. The van der Waals surface area contributed by atoms with Crippen LogP contribution in [0.25, 0.3) is 11.0 Å². The Labute approximate surface area is 100 Å². The summed E-state index contributed by atoms with van der Waals surface area (Å²) in [7, 11) is 0. The average Bonchev–Trinajstić information content (AvgIpc) is 2.94. The first-order valence-corrected chi connectivity index (χ1v) is 6.28. The van der Waals surface area contributed by atoms with Crippen molar-refractivity contribution in [1.82, 2.24) is 15.3 Å². The van der Waals surface area contributed by atoms with E-state index in [0.29, 0.717) is 5.54 Å². The number of hydrogen-bond acceptors (Lipinski definition) is 3. The number of rotatable bonds is 1. The third kappa shape index (κ3) is 1.30. The van der Waals surface area contributed by atoms with E-state index >= 15 is 0 Å².